The lowest BCUT2D eigenvalue weighted by Crippen LogP contribution is -2.49. The summed E-state index contributed by atoms with van der Waals surface area (Å²) in [6.07, 6.45) is 5.92. The average molecular weight is 256 g/mol. The molecular formula is C13H24N2O3. The van der Waals surface area contributed by atoms with Crippen LogP contribution in [-0.2, 0) is 4.79 Å². The minimum absolute atomic E-state index is 0.0925. The maximum atomic E-state index is 12.1. The molecule has 0 bridgehead atoms. The number of nitrogens with zero attached hydrogens (tertiary/aromatic N) is 1. The second-order valence-corrected chi connectivity index (χ2v) is 5.10. The van der Waals surface area contributed by atoms with Crippen LogP contribution in [0.4, 0.5) is 4.79 Å². The normalized spacial score (nSPS) is 17.4. The van der Waals surface area contributed by atoms with Crippen LogP contribution >= 0.6 is 0 Å². The van der Waals surface area contributed by atoms with Gasteiger partial charge in [0.25, 0.3) is 0 Å². The fourth-order valence-corrected chi connectivity index (χ4v) is 2.53. The minimum atomic E-state index is -0.944. The number of carboxylic acids is 1. The van der Waals surface area contributed by atoms with Gasteiger partial charge in [-0.05, 0) is 26.2 Å². The Morgan fingerprint density at radius 1 is 1.39 bits per heavy atom. The number of hydrogen-bond acceptors (Lipinski definition) is 2. The summed E-state index contributed by atoms with van der Waals surface area (Å²) >= 11 is 0. The third kappa shape index (κ3) is 4.55. The van der Waals surface area contributed by atoms with Gasteiger partial charge in [-0.15, -0.1) is 0 Å². The van der Waals surface area contributed by atoms with Crippen molar-refractivity contribution >= 4 is 12.0 Å². The van der Waals surface area contributed by atoms with Crippen molar-refractivity contribution < 1.29 is 14.7 Å². The van der Waals surface area contributed by atoms with E-state index < -0.39 is 5.97 Å². The molecule has 0 radical (unpaired) electrons. The summed E-state index contributed by atoms with van der Waals surface area (Å²) in [7, 11) is 0. The molecule has 1 aliphatic rings. The molecule has 0 saturated heterocycles. The number of carbonyl (C=O) groups is 2. The van der Waals surface area contributed by atoms with Crippen LogP contribution in [-0.4, -0.2) is 40.6 Å². The van der Waals surface area contributed by atoms with Gasteiger partial charge in [-0.25, -0.2) is 4.79 Å². The number of carbonyl (C=O) groups excluding carboxylic acids is 1. The molecule has 18 heavy (non-hydrogen) atoms. The molecule has 0 aromatic heterocycles. The van der Waals surface area contributed by atoms with Crippen LogP contribution < -0.4 is 5.32 Å². The lowest BCUT2D eigenvalue weighted by atomic mass is 10.2. The number of hydrogen-bond donors (Lipinski definition) is 2. The van der Waals surface area contributed by atoms with Crippen molar-refractivity contribution in [3.63, 3.8) is 0 Å². The van der Waals surface area contributed by atoms with E-state index in [1.165, 1.54) is 4.90 Å². The van der Waals surface area contributed by atoms with Gasteiger partial charge in [-0.1, -0.05) is 26.2 Å². The number of urea groups is 1. The zero-order chi connectivity index (χ0) is 13.5. The van der Waals surface area contributed by atoms with Gasteiger partial charge >= 0.3 is 12.0 Å². The van der Waals surface area contributed by atoms with Gasteiger partial charge in [-0.2, -0.15) is 0 Å². The van der Waals surface area contributed by atoms with Gasteiger partial charge < -0.3 is 15.3 Å². The molecular weight excluding hydrogens is 232 g/mol. The van der Waals surface area contributed by atoms with E-state index in [0.29, 0.717) is 0 Å². The third-order valence-electron chi connectivity index (χ3n) is 3.42. The van der Waals surface area contributed by atoms with Crippen molar-refractivity contribution in [2.24, 2.45) is 0 Å². The monoisotopic (exact) mass is 256 g/mol. The Morgan fingerprint density at radius 2 is 2.00 bits per heavy atom. The van der Waals surface area contributed by atoms with E-state index >= 15 is 0 Å². The van der Waals surface area contributed by atoms with Gasteiger partial charge in [0.2, 0.25) is 0 Å². The Morgan fingerprint density at radius 3 is 2.50 bits per heavy atom. The Labute approximate surface area is 109 Å². The van der Waals surface area contributed by atoms with E-state index in [0.717, 1.165) is 38.5 Å². The van der Waals surface area contributed by atoms with E-state index in [1.807, 2.05) is 6.92 Å². The maximum Gasteiger partial charge on any atom is 0.323 e. The van der Waals surface area contributed by atoms with Gasteiger partial charge in [0, 0.05) is 12.1 Å². The van der Waals surface area contributed by atoms with Crippen LogP contribution in [0.2, 0.25) is 0 Å². The predicted octanol–water partition coefficient (Wildman–Crippen LogP) is 2.21. The first-order valence-electron chi connectivity index (χ1n) is 6.83. The molecule has 0 aliphatic heterocycles. The number of nitrogens with one attached hydrogen (secondary N) is 1. The quantitative estimate of drug-likeness (QED) is 0.765. The lowest BCUT2D eigenvalue weighted by molar-refractivity contribution is -0.138. The highest BCUT2D eigenvalue weighted by Gasteiger charge is 2.28. The standard InChI is InChI=1S/C13H24N2O3/c1-3-6-10(2)14-13(18)15(9-12(16)17)11-7-4-5-8-11/h10-11H,3-9H2,1-2H3,(H,14,18)(H,16,17). The van der Waals surface area contributed by atoms with Crippen molar-refractivity contribution in [3.05, 3.63) is 0 Å². The Balaban J connectivity index is 2.57. The first kappa shape index (κ1) is 14.8. The summed E-state index contributed by atoms with van der Waals surface area (Å²) < 4.78 is 0. The summed E-state index contributed by atoms with van der Waals surface area (Å²) in [5.74, 6) is -0.944. The molecule has 1 atom stereocenters. The summed E-state index contributed by atoms with van der Waals surface area (Å²) in [4.78, 5) is 24.5. The zero-order valence-corrected chi connectivity index (χ0v) is 11.3. The van der Waals surface area contributed by atoms with E-state index in [9.17, 15) is 9.59 Å². The first-order chi connectivity index (χ1) is 8.54. The average Bonchev–Trinajstić information content (AvgIpc) is 2.78. The highest BCUT2D eigenvalue weighted by molar-refractivity contribution is 5.80. The van der Waals surface area contributed by atoms with Crippen LogP contribution in [0.15, 0.2) is 0 Å². The largest absolute Gasteiger partial charge is 0.480 e. The molecule has 1 saturated carbocycles. The SMILES string of the molecule is CCCC(C)NC(=O)N(CC(=O)O)C1CCCC1. The van der Waals surface area contributed by atoms with Crippen LogP contribution in [0.3, 0.4) is 0 Å². The topological polar surface area (TPSA) is 69.6 Å². The van der Waals surface area contributed by atoms with E-state index in [4.69, 9.17) is 5.11 Å². The summed E-state index contributed by atoms with van der Waals surface area (Å²) in [6.45, 7) is 3.82. The molecule has 0 heterocycles. The molecule has 0 aromatic rings. The first-order valence-corrected chi connectivity index (χ1v) is 6.83. The molecule has 2 N–H and O–H groups in total. The van der Waals surface area contributed by atoms with Crippen molar-refractivity contribution in [1.82, 2.24) is 10.2 Å². The van der Waals surface area contributed by atoms with Crippen LogP contribution in [0.5, 0.6) is 0 Å². The van der Waals surface area contributed by atoms with Gasteiger partial charge in [0.1, 0.15) is 6.54 Å². The fourth-order valence-electron chi connectivity index (χ4n) is 2.53. The van der Waals surface area contributed by atoms with Gasteiger partial charge in [0.05, 0.1) is 0 Å². The number of amides is 2. The molecule has 2 amide bonds. The van der Waals surface area contributed by atoms with Crippen molar-refractivity contribution in [3.8, 4) is 0 Å². The highest BCUT2D eigenvalue weighted by Crippen LogP contribution is 2.23. The summed E-state index contributed by atoms with van der Waals surface area (Å²) in [6, 6.07) is -0.0413. The lowest BCUT2D eigenvalue weighted by Gasteiger charge is -2.29. The Bertz CT molecular complexity index is 288. The van der Waals surface area contributed by atoms with E-state index in [1.54, 1.807) is 0 Å². The zero-order valence-electron chi connectivity index (χ0n) is 11.3. The molecule has 104 valence electrons. The number of carboxylic acid groups (broad SMARTS) is 1. The fraction of sp³-hybridized carbons (Fsp3) is 0.846. The number of rotatable bonds is 6. The second-order valence-electron chi connectivity index (χ2n) is 5.10. The maximum absolute atomic E-state index is 12.1. The molecule has 1 aliphatic carbocycles. The molecule has 0 spiro atoms. The Kier molecular flexibility index (Phi) is 5.95. The van der Waals surface area contributed by atoms with Crippen LogP contribution in [0.1, 0.15) is 52.4 Å². The van der Waals surface area contributed by atoms with Crippen molar-refractivity contribution in [2.75, 3.05) is 6.54 Å². The van der Waals surface area contributed by atoms with Gasteiger partial charge in [0.15, 0.2) is 0 Å². The Hall–Kier alpha value is -1.26. The van der Waals surface area contributed by atoms with Crippen molar-refractivity contribution in [2.45, 2.75) is 64.5 Å². The minimum Gasteiger partial charge on any atom is -0.480 e. The van der Waals surface area contributed by atoms with Crippen LogP contribution in [0, 0.1) is 0 Å². The highest BCUT2D eigenvalue weighted by atomic mass is 16.4. The third-order valence-corrected chi connectivity index (χ3v) is 3.42. The molecule has 0 aromatic carbocycles. The predicted molar refractivity (Wildman–Crippen MR) is 69.5 cm³/mol. The van der Waals surface area contributed by atoms with E-state index in [2.05, 4.69) is 12.2 Å². The van der Waals surface area contributed by atoms with E-state index in [-0.39, 0.29) is 24.7 Å². The molecule has 1 rings (SSSR count). The van der Waals surface area contributed by atoms with Crippen molar-refractivity contribution in [1.29, 1.82) is 0 Å². The smallest absolute Gasteiger partial charge is 0.323 e. The molecule has 5 heteroatoms. The summed E-state index contributed by atoms with van der Waals surface area (Å²) in [5.41, 5.74) is 0. The van der Waals surface area contributed by atoms with Crippen LogP contribution in [0.25, 0.3) is 0 Å². The molecule has 1 unspecified atom stereocenters. The molecule has 5 nitrogen and oxygen atoms in total. The second kappa shape index (κ2) is 7.24. The van der Waals surface area contributed by atoms with Gasteiger partial charge in [-0.3, -0.25) is 4.79 Å². The molecule has 1 fully saturated rings. The number of aliphatic carboxylic acids is 1. The summed E-state index contributed by atoms with van der Waals surface area (Å²) in [5, 5.41) is 11.8.